The predicted molar refractivity (Wildman–Crippen MR) is 129 cm³/mol. The Morgan fingerprint density at radius 2 is 2.06 bits per heavy atom. The SMILES string of the molecule is CN(C)c1cncc(C2CCC3NNC(c4nc5nccc(-c6cccs6)c5[nH]4)C3C2)c1. The first-order valence-corrected chi connectivity index (χ1v) is 12.1. The van der Waals surface area contributed by atoms with E-state index in [2.05, 4.69) is 74.4 Å². The number of hydrazine groups is 1. The number of fused-ring (bicyclic) bond motifs is 2. The summed E-state index contributed by atoms with van der Waals surface area (Å²) >= 11 is 1.74. The summed E-state index contributed by atoms with van der Waals surface area (Å²) in [4.78, 5) is 20.9. The van der Waals surface area contributed by atoms with Crippen LogP contribution < -0.4 is 15.8 Å². The van der Waals surface area contributed by atoms with Gasteiger partial charge in [-0.2, -0.15) is 0 Å². The molecule has 8 heteroatoms. The minimum Gasteiger partial charge on any atom is -0.376 e. The second-order valence-corrected chi connectivity index (χ2v) is 10.0. The highest BCUT2D eigenvalue weighted by molar-refractivity contribution is 7.13. The van der Waals surface area contributed by atoms with Gasteiger partial charge in [0.2, 0.25) is 0 Å². The standard InChI is InChI=1S/C24H27N7S/c1-31(2)16-10-15(12-25-13-16)14-5-6-19-18(11-14)22(30-29-19)24-27-21-17(20-4-3-9-32-20)7-8-26-23(21)28-24/h3-4,7-10,12-14,18-19,22,29-30H,5-6,11H2,1-2H3,(H,26,27,28). The van der Waals surface area contributed by atoms with Gasteiger partial charge in [-0.25, -0.2) is 15.4 Å². The van der Waals surface area contributed by atoms with Crippen molar-refractivity contribution in [2.45, 2.75) is 37.3 Å². The van der Waals surface area contributed by atoms with Crippen LogP contribution >= 0.6 is 11.3 Å². The van der Waals surface area contributed by atoms with E-state index in [1.165, 1.54) is 22.4 Å². The van der Waals surface area contributed by atoms with E-state index in [4.69, 9.17) is 4.98 Å². The van der Waals surface area contributed by atoms with Crippen LogP contribution in [0.25, 0.3) is 21.6 Å². The van der Waals surface area contributed by atoms with Crippen molar-refractivity contribution in [2.75, 3.05) is 19.0 Å². The highest BCUT2D eigenvalue weighted by Crippen LogP contribution is 2.44. The third-order valence-electron chi connectivity index (χ3n) is 6.98. The van der Waals surface area contributed by atoms with E-state index >= 15 is 0 Å². The number of imidazole rings is 1. The van der Waals surface area contributed by atoms with Crippen molar-refractivity contribution in [2.24, 2.45) is 5.92 Å². The third kappa shape index (κ3) is 3.39. The zero-order valence-electron chi connectivity index (χ0n) is 18.2. The molecule has 2 fully saturated rings. The predicted octanol–water partition coefficient (Wildman–Crippen LogP) is 4.25. The summed E-state index contributed by atoms with van der Waals surface area (Å²) in [5.74, 6) is 1.94. The average Bonchev–Trinajstić information content (AvgIpc) is 3.57. The van der Waals surface area contributed by atoms with E-state index in [1.54, 1.807) is 11.3 Å². The molecule has 7 nitrogen and oxygen atoms in total. The van der Waals surface area contributed by atoms with Crippen molar-refractivity contribution >= 4 is 28.2 Å². The lowest BCUT2D eigenvalue weighted by molar-refractivity contribution is 0.274. The van der Waals surface area contributed by atoms with E-state index in [1.807, 2.05) is 18.6 Å². The number of nitrogens with one attached hydrogen (secondary N) is 3. The molecular formula is C24H27N7S. The molecule has 1 aliphatic heterocycles. The van der Waals surface area contributed by atoms with Crippen LogP contribution in [0.2, 0.25) is 0 Å². The summed E-state index contributed by atoms with van der Waals surface area (Å²) in [7, 11) is 4.14. The summed E-state index contributed by atoms with van der Waals surface area (Å²) in [6, 6.07) is 9.19. The van der Waals surface area contributed by atoms with Gasteiger partial charge in [-0.15, -0.1) is 11.3 Å². The molecule has 1 saturated heterocycles. The first kappa shape index (κ1) is 19.8. The Morgan fingerprint density at radius 3 is 2.91 bits per heavy atom. The number of aromatic nitrogens is 4. The van der Waals surface area contributed by atoms with Crippen LogP contribution in [0.5, 0.6) is 0 Å². The molecule has 164 valence electrons. The summed E-state index contributed by atoms with van der Waals surface area (Å²) in [6.07, 6.45) is 9.25. The number of anilines is 1. The number of hydrogen-bond donors (Lipinski definition) is 3. The molecule has 4 unspecified atom stereocenters. The number of thiophene rings is 1. The maximum absolute atomic E-state index is 4.91. The Morgan fingerprint density at radius 1 is 1.12 bits per heavy atom. The van der Waals surface area contributed by atoms with E-state index < -0.39 is 0 Å². The second kappa shape index (κ2) is 7.95. The van der Waals surface area contributed by atoms with E-state index in [0.717, 1.165) is 35.5 Å². The average molecular weight is 446 g/mol. The normalized spacial score (nSPS) is 25.2. The molecule has 0 amide bonds. The van der Waals surface area contributed by atoms with Gasteiger partial charge in [-0.3, -0.25) is 10.4 Å². The minimum atomic E-state index is 0.137. The number of hydrogen-bond acceptors (Lipinski definition) is 7. The van der Waals surface area contributed by atoms with E-state index in [9.17, 15) is 0 Å². The first-order chi connectivity index (χ1) is 15.7. The van der Waals surface area contributed by atoms with Crippen LogP contribution in [-0.4, -0.2) is 40.1 Å². The molecule has 4 atom stereocenters. The molecule has 0 radical (unpaired) electrons. The molecule has 6 rings (SSSR count). The fourth-order valence-electron chi connectivity index (χ4n) is 5.26. The summed E-state index contributed by atoms with van der Waals surface area (Å²) in [6.45, 7) is 0. The molecule has 5 heterocycles. The van der Waals surface area contributed by atoms with Gasteiger partial charge in [0.25, 0.3) is 0 Å². The molecule has 2 aliphatic rings. The first-order valence-electron chi connectivity index (χ1n) is 11.2. The fraction of sp³-hybridized carbons (Fsp3) is 0.375. The lowest BCUT2D eigenvalue weighted by Crippen LogP contribution is -2.34. The van der Waals surface area contributed by atoms with Crippen LogP contribution in [0.1, 0.15) is 42.6 Å². The molecule has 0 bridgehead atoms. The Balaban J connectivity index is 1.30. The van der Waals surface area contributed by atoms with Gasteiger partial charge in [0.1, 0.15) is 5.82 Å². The van der Waals surface area contributed by atoms with Crippen LogP contribution in [0, 0.1) is 5.92 Å². The van der Waals surface area contributed by atoms with Crippen molar-refractivity contribution in [1.82, 2.24) is 30.8 Å². The van der Waals surface area contributed by atoms with Gasteiger partial charge < -0.3 is 9.88 Å². The maximum atomic E-state index is 4.91. The maximum Gasteiger partial charge on any atom is 0.178 e. The molecular weight excluding hydrogens is 418 g/mol. The Bertz CT molecular complexity index is 1230. The van der Waals surface area contributed by atoms with Gasteiger partial charge in [0, 0.05) is 43.0 Å². The zero-order chi connectivity index (χ0) is 21.7. The number of H-pyrrole nitrogens is 1. The largest absolute Gasteiger partial charge is 0.376 e. The number of pyridine rings is 2. The van der Waals surface area contributed by atoms with Crippen molar-refractivity contribution < 1.29 is 0 Å². The molecule has 0 spiro atoms. The highest BCUT2D eigenvalue weighted by atomic mass is 32.1. The summed E-state index contributed by atoms with van der Waals surface area (Å²) in [5, 5.41) is 2.11. The molecule has 1 aliphatic carbocycles. The molecule has 32 heavy (non-hydrogen) atoms. The number of aromatic amines is 1. The van der Waals surface area contributed by atoms with E-state index in [0.29, 0.717) is 17.9 Å². The van der Waals surface area contributed by atoms with Gasteiger partial charge in [0.05, 0.1) is 23.4 Å². The van der Waals surface area contributed by atoms with Crippen molar-refractivity contribution in [3.63, 3.8) is 0 Å². The number of nitrogens with zero attached hydrogens (tertiary/aromatic N) is 4. The third-order valence-corrected chi connectivity index (χ3v) is 7.88. The topological polar surface area (TPSA) is 81.8 Å². The molecule has 0 aromatic carbocycles. The molecule has 3 N–H and O–H groups in total. The Labute approximate surface area is 191 Å². The van der Waals surface area contributed by atoms with Gasteiger partial charge in [-0.1, -0.05) is 6.07 Å². The van der Waals surface area contributed by atoms with Crippen LogP contribution in [0.15, 0.2) is 48.2 Å². The Kier molecular flexibility index (Phi) is 4.93. The van der Waals surface area contributed by atoms with Crippen LogP contribution in [0.3, 0.4) is 0 Å². The van der Waals surface area contributed by atoms with Gasteiger partial charge in [-0.05, 0) is 60.2 Å². The highest BCUT2D eigenvalue weighted by Gasteiger charge is 2.42. The lowest BCUT2D eigenvalue weighted by atomic mass is 9.73. The second-order valence-electron chi connectivity index (χ2n) is 9.07. The minimum absolute atomic E-state index is 0.137. The van der Waals surface area contributed by atoms with Crippen molar-refractivity contribution in [1.29, 1.82) is 0 Å². The van der Waals surface area contributed by atoms with Gasteiger partial charge in [0.15, 0.2) is 5.65 Å². The quantitative estimate of drug-likeness (QED) is 0.436. The zero-order valence-corrected chi connectivity index (χ0v) is 19.1. The Hall–Kier alpha value is -2.81. The monoisotopic (exact) mass is 445 g/mol. The van der Waals surface area contributed by atoms with Crippen LogP contribution in [0.4, 0.5) is 5.69 Å². The van der Waals surface area contributed by atoms with Crippen molar-refractivity contribution in [3.05, 3.63) is 59.6 Å². The molecule has 1 saturated carbocycles. The number of rotatable bonds is 4. The van der Waals surface area contributed by atoms with Crippen molar-refractivity contribution in [3.8, 4) is 10.4 Å². The fourth-order valence-corrected chi connectivity index (χ4v) is 6.01. The van der Waals surface area contributed by atoms with E-state index in [-0.39, 0.29) is 6.04 Å². The van der Waals surface area contributed by atoms with Gasteiger partial charge >= 0.3 is 0 Å². The lowest BCUT2D eigenvalue weighted by Gasteiger charge is -2.33. The smallest absolute Gasteiger partial charge is 0.178 e. The molecule has 4 aromatic rings. The summed E-state index contributed by atoms with van der Waals surface area (Å²) in [5.41, 5.74) is 12.6. The van der Waals surface area contributed by atoms with Crippen LogP contribution in [-0.2, 0) is 0 Å². The molecule has 4 aromatic heterocycles. The summed E-state index contributed by atoms with van der Waals surface area (Å²) < 4.78 is 0.